The maximum Gasteiger partial charge on any atom is 0.411 e. The van der Waals surface area contributed by atoms with Crippen LogP contribution in [-0.4, -0.2) is 17.9 Å². The van der Waals surface area contributed by atoms with E-state index in [-0.39, 0.29) is 12.2 Å². The molecule has 0 saturated heterocycles. The zero-order valence-corrected chi connectivity index (χ0v) is 15.8. The average Bonchev–Trinajstić information content (AvgIpc) is 3.27. The van der Waals surface area contributed by atoms with Crippen LogP contribution in [0.1, 0.15) is 55.4 Å². The van der Waals surface area contributed by atoms with Gasteiger partial charge in [-0.3, -0.25) is 10.3 Å². The van der Waals surface area contributed by atoms with Crippen LogP contribution in [0.15, 0.2) is 36.0 Å². The Kier molecular flexibility index (Phi) is 5.92. The first-order chi connectivity index (χ1) is 12.6. The maximum absolute atomic E-state index is 12.5. The van der Waals surface area contributed by atoms with Crippen molar-refractivity contribution in [2.24, 2.45) is 4.99 Å². The molecule has 0 bridgehead atoms. The molecule has 0 fully saturated rings. The molecule has 0 aliphatic heterocycles. The Morgan fingerprint density at radius 2 is 1.92 bits per heavy atom. The Hall–Kier alpha value is -2.36. The lowest BCUT2D eigenvalue weighted by molar-refractivity contribution is 0.124. The fourth-order valence-electron chi connectivity index (χ4n) is 3.98. The standard InChI is InChI=1S/C22H28N2O2/c1-4-12-23-18(5-2)13-15(3)26-22(25)24-21-19-10-6-8-16(19)14-17-9-7-11-20(17)21/h4-5,12,14-15H,2,6-11,13H2,1,3H3,(H,24,25)/b12-4-,23-18+. The van der Waals surface area contributed by atoms with Crippen LogP contribution in [0, 0.1) is 0 Å². The monoisotopic (exact) mass is 352 g/mol. The number of aryl methyl sites for hydroxylation is 2. The van der Waals surface area contributed by atoms with Gasteiger partial charge in [-0.15, -0.1) is 0 Å². The van der Waals surface area contributed by atoms with E-state index >= 15 is 0 Å². The highest BCUT2D eigenvalue weighted by atomic mass is 16.6. The van der Waals surface area contributed by atoms with Crippen molar-refractivity contribution in [2.45, 2.75) is 64.9 Å². The van der Waals surface area contributed by atoms with E-state index in [1.807, 2.05) is 19.9 Å². The minimum atomic E-state index is -0.374. The Balaban J connectivity index is 1.68. The van der Waals surface area contributed by atoms with Gasteiger partial charge in [0.15, 0.2) is 0 Å². The third-order valence-electron chi connectivity index (χ3n) is 5.13. The summed E-state index contributed by atoms with van der Waals surface area (Å²) in [5.41, 5.74) is 7.28. The molecule has 1 atom stereocenters. The zero-order chi connectivity index (χ0) is 18.5. The molecule has 0 spiro atoms. The molecule has 4 heteroatoms. The number of aliphatic imine (C=N–C) groups is 1. The minimum Gasteiger partial charge on any atom is -0.446 e. The Labute approximate surface area is 156 Å². The summed E-state index contributed by atoms with van der Waals surface area (Å²) < 4.78 is 5.58. The van der Waals surface area contributed by atoms with E-state index in [0.717, 1.165) is 37.1 Å². The number of nitrogens with one attached hydrogen (secondary N) is 1. The number of carbonyl (C=O) groups excluding carboxylic acids is 1. The van der Waals surface area contributed by atoms with Gasteiger partial charge in [0.25, 0.3) is 0 Å². The van der Waals surface area contributed by atoms with Crippen molar-refractivity contribution in [1.82, 2.24) is 0 Å². The van der Waals surface area contributed by atoms with Gasteiger partial charge in [-0.25, -0.2) is 4.79 Å². The van der Waals surface area contributed by atoms with Gasteiger partial charge in [-0.05, 0) is 80.7 Å². The molecule has 3 rings (SSSR count). The van der Waals surface area contributed by atoms with Crippen molar-refractivity contribution in [1.29, 1.82) is 0 Å². The number of anilines is 1. The number of rotatable bonds is 6. The molecule has 0 saturated carbocycles. The van der Waals surface area contributed by atoms with Crippen LogP contribution in [0.25, 0.3) is 0 Å². The number of allylic oxidation sites excluding steroid dienone is 2. The molecular weight excluding hydrogens is 324 g/mol. The first kappa shape index (κ1) is 18.4. The second-order valence-electron chi connectivity index (χ2n) is 7.09. The van der Waals surface area contributed by atoms with Gasteiger partial charge in [-0.2, -0.15) is 0 Å². The molecular formula is C22H28N2O2. The van der Waals surface area contributed by atoms with E-state index in [2.05, 4.69) is 23.0 Å². The summed E-state index contributed by atoms with van der Waals surface area (Å²) in [5.74, 6) is 0. The van der Waals surface area contributed by atoms with Crippen molar-refractivity contribution in [2.75, 3.05) is 5.32 Å². The molecule has 1 N–H and O–H groups in total. The molecule has 2 aliphatic rings. The highest BCUT2D eigenvalue weighted by Gasteiger charge is 2.25. The summed E-state index contributed by atoms with van der Waals surface area (Å²) >= 11 is 0. The first-order valence-electron chi connectivity index (χ1n) is 9.56. The van der Waals surface area contributed by atoms with Gasteiger partial charge in [0.05, 0.1) is 5.69 Å². The Bertz CT molecular complexity index is 730. The molecule has 4 nitrogen and oxygen atoms in total. The normalized spacial score (nSPS) is 17.1. The Morgan fingerprint density at radius 3 is 2.50 bits per heavy atom. The molecule has 0 aromatic heterocycles. The summed E-state index contributed by atoms with van der Waals surface area (Å²) in [6.45, 7) is 7.57. The predicted octanol–water partition coefficient (Wildman–Crippen LogP) is 5.15. The van der Waals surface area contributed by atoms with Crippen LogP contribution in [0.5, 0.6) is 0 Å². The lowest BCUT2D eigenvalue weighted by Crippen LogP contribution is -2.23. The minimum absolute atomic E-state index is 0.262. The van der Waals surface area contributed by atoms with E-state index < -0.39 is 0 Å². The number of fused-ring (bicyclic) bond motifs is 2. The van der Waals surface area contributed by atoms with Crippen molar-refractivity contribution < 1.29 is 9.53 Å². The molecule has 26 heavy (non-hydrogen) atoms. The number of ether oxygens (including phenoxy) is 1. The average molecular weight is 352 g/mol. The van der Waals surface area contributed by atoms with Crippen molar-refractivity contribution in [3.63, 3.8) is 0 Å². The molecule has 1 aromatic carbocycles. The summed E-state index contributed by atoms with van der Waals surface area (Å²) in [4.78, 5) is 16.8. The first-order valence-corrected chi connectivity index (χ1v) is 9.56. The van der Waals surface area contributed by atoms with Crippen molar-refractivity contribution in [3.8, 4) is 0 Å². The van der Waals surface area contributed by atoms with E-state index in [4.69, 9.17) is 4.74 Å². The highest BCUT2D eigenvalue weighted by molar-refractivity contribution is 5.95. The van der Waals surface area contributed by atoms with E-state index in [1.54, 1.807) is 12.3 Å². The van der Waals surface area contributed by atoms with E-state index in [0.29, 0.717) is 6.42 Å². The van der Waals surface area contributed by atoms with Crippen LogP contribution in [0.4, 0.5) is 10.5 Å². The lowest BCUT2D eigenvalue weighted by Gasteiger charge is -2.18. The molecule has 0 radical (unpaired) electrons. The van der Waals surface area contributed by atoms with Gasteiger partial charge in [-0.1, -0.05) is 18.7 Å². The highest BCUT2D eigenvalue weighted by Crippen LogP contribution is 2.38. The third-order valence-corrected chi connectivity index (χ3v) is 5.13. The smallest absolute Gasteiger partial charge is 0.411 e. The second-order valence-corrected chi connectivity index (χ2v) is 7.09. The molecule has 0 heterocycles. The number of carbonyl (C=O) groups is 1. The number of nitrogens with zero attached hydrogens (tertiary/aromatic N) is 1. The largest absolute Gasteiger partial charge is 0.446 e. The molecule has 1 unspecified atom stereocenters. The van der Waals surface area contributed by atoms with Crippen LogP contribution >= 0.6 is 0 Å². The Morgan fingerprint density at radius 1 is 1.27 bits per heavy atom. The second kappa shape index (κ2) is 8.35. The van der Waals surface area contributed by atoms with Crippen LogP contribution in [0.3, 0.4) is 0 Å². The molecule has 1 aromatic rings. The van der Waals surface area contributed by atoms with Crippen molar-refractivity contribution >= 4 is 17.5 Å². The van der Waals surface area contributed by atoms with Gasteiger partial charge in [0.1, 0.15) is 6.10 Å². The van der Waals surface area contributed by atoms with E-state index in [1.165, 1.54) is 35.1 Å². The third kappa shape index (κ3) is 4.06. The predicted molar refractivity (Wildman–Crippen MR) is 107 cm³/mol. The molecule has 1 amide bonds. The SMILES string of the molecule is C=C/C(CC(C)OC(=O)Nc1c2c(cc3c1CCC3)CCC2)=N\C=C/C. The topological polar surface area (TPSA) is 50.7 Å². The van der Waals surface area contributed by atoms with E-state index in [9.17, 15) is 4.79 Å². The fraction of sp³-hybridized carbons (Fsp3) is 0.455. The zero-order valence-electron chi connectivity index (χ0n) is 15.8. The lowest BCUT2D eigenvalue weighted by atomic mass is 9.99. The maximum atomic E-state index is 12.5. The number of hydrogen-bond donors (Lipinski definition) is 1. The number of amides is 1. The summed E-state index contributed by atoms with van der Waals surface area (Å²) in [6, 6.07) is 2.36. The van der Waals surface area contributed by atoms with Crippen molar-refractivity contribution in [3.05, 3.63) is 53.3 Å². The molecule has 2 aliphatic carbocycles. The van der Waals surface area contributed by atoms with Gasteiger partial charge in [0, 0.05) is 18.3 Å². The van der Waals surface area contributed by atoms with Crippen LogP contribution in [-0.2, 0) is 30.4 Å². The van der Waals surface area contributed by atoms with Gasteiger partial charge in [0.2, 0.25) is 0 Å². The van der Waals surface area contributed by atoms with Gasteiger partial charge >= 0.3 is 6.09 Å². The summed E-state index contributed by atoms with van der Waals surface area (Å²) in [7, 11) is 0. The fourth-order valence-corrected chi connectivity index (χ4v) is 3.98. The molecule has 138 valence electrons. The summed E-state index contributed by atoms with van der Waals surface area (Å²) in [5, 5.41) is 3.07. The van der Waals surface area contributed by atoms with Gasteiger partial charge < -0.3 is 4.74 Å². The number of hydrogen-bond acceptors (Lipinski definition) is 3. The number of benzene rings is 1. The van der Waals surface area contributed by atoms with Crippen LogP contribution < -0.4 is 5.32 Å². The van der Waals surface area contributed by atoms with Crippen LogP contribution in [0.2, 0.25) is 0 Å². The quantitative estimate of drug-likeness (QED) is 0.720. The summed E-state index contributed by atoms with van der Waals surface area (Å²) in [6.07, 6.45) is 11.9.